The minimum absolute atomic E-state index is 0.0119. The number of hydrogen-bond donors (Lipinski definition) is 2. The van der Waals surface area contributed by atoms with Crippen molar-refractivity contribution in [2.45, 2.75) is 50.2 Å². The molecule has 7 rings (SSSR count). The first-order valence-electron chi connectivity index (χ1n) is 19.3. The Morgan fingerprint density at radius 1 is 0.860 bits per heavy atom. The molecule has 0 aromatic heterocycles. The van der Waals surface area contributed by atoms with Crippen molar-refractivity contribution in [3.63, 3.8) is 0 Å². The van der Waals surface area contributed by atoms with Crippen LogP contribution in [0.3, 0.4) is 0 Å². The number of methoxy groups -OCH3 is 2. The molecule has 0 bridgehead atoms. The van der Waals surface area contributed by atoms with Crippen molar-refractivity contribution in [1.29, 1.82) is 0 Å². The molecule has 2 aliphatic heterocycles. The number of ether oxygens (including phenoxy) is 3. The van der Waals surface area contributed by atoms with Gasteiger partial charge in [0.1, 0.15) is 11.5 Å². The van der Waals surface area contributed by atoms with Gasteiger partial charge in [0.15, 0.2) is 5.60 Å². The second-order valence-corrected chi connectivity index (χ2v) is 20.0. The average Bonchev–Trinajstić information content (AvgIpc) is 3.67. The lowest BCUT2D eigenvalue weighted by Gasteiger charge is -2.37. The lowest BCUT2D eigenvalue weighted by Crippen LogP contribution is -2.52. The summed E-state index contributed by atoms with van der Waals surface area (Å²) in [6.07, 6.45) is -0.642. The number of fused-ring (bicyclic) bond motifs is 2. The molecular formula is C46H49N3O7Si. The Morgan fingerprint density at radius 2 is 1.47 bits per heavy atom. The Morgan fingerprint density at radius 3 is 2.09 bits per heavy atom. The molecule has 11 heteroatoms. The molecule has 0 saturated carbocycles. The quantitative estimate of drug-likeness (QED) is 0.121. The predicted octanol–water partition coefficient (Wildman–Crippen LogP) is 7.26. The molecule has 0 radical (unpaired) electrons. The number of nitrogens with one attached hydrogen (secondary N) is 1. The van der Waals surface area contributed by atoms with Crippen molar-refractivity contribution in [3.8, 4) is 11.5 Å². The first-order chi connectivity index (χ1) is 27.5. The van der Waals surface area contributed by atoms with Crippen molar-refractivity contribution in [3.05, 3.63) is 144 Å². The number of benzene rings is 5. The van der Waals surface area contributed by atoms with E-state index < -0.39 is 25.7 Å². The highest BCUT2D eigenvalue weighted by Gasteiger charge is 2.67. The Labute approximate surface area is 335 Å². The smallest absolute Gasteiger partial charge is 0.268 e. The molecule has 3 amide bonds. The minimum atomic E-state index is -2.59. The number of rotatable bonds is 13. The number of aliphatic hydroxyl groups excluding tert-OH is 1. The maximum Gasteiger partial charge on any atom is 0.268 e. The largest absolute Gasteiger partial charge is 0.497 e. The van der Waals surface area contributed by atoms with E-state index in [0.717, 1.165) is 16.5 Å². The summed E-state index contributed by atoms with van der Waals surface area (Å²) in [5.74, 6) is 0.260. The van der Waals surface area contributed by atoms with Crippen LogP contribution in [-0.2, 0) is 26.5 Å². The lowest BCUT2D eigenvalue weighted by atomic mass is 9.82. The van der Waals surface area contributed by atoms with Crippen molar-refractivity contribution in [2.24, 2.45) is 5.92 Å². The first kappa shape index (κ1) is 39.5. The fourth-order valence-electron chi connectivity index (χ4n) is 8.81. The summed E-state index contributed by atoms with van der Waals surface area (Å²) in [5.41, 5.74) is 2.18. The Kier molecular flexibility index (Phi) is 11.3. The van der Waals surface area contributed by atoms with Crippen molar-refractivity contribution < 1.29 is 33.7 Å². The van der Waals surface area contributed by atoms with Gasteiger partial charge in [0, 0.05) is 41.5 Å². The first-order valence-corrected chi connectivity index (χ1v) is 22.3. The van der Waals surface area contributed by atoms with E-state index in [0.29, 0.717) is 40.5 Å². The molecule has 1 fully saturated rings. The number of carbonyl (C=O) groups excluding carboxylic acids is 3. The fourth-order valence-corrected chi connectivity index (χ4v) is 12.8. The monoisotopic (exact) mass is 783 g/mol. The van der Waals surface area contributed by atoms with Gasteiger partial charge in [-0.05, 0) is 77.8 Å². The molecule has 2 heterocycles. The van der Waals surface area contributed by atoms with Gasteiger partial charge in [-0.2, -0.15) is 0 Å². The van der Waals surface area contributed by atoms with Crippen molar-refractivity contribution in [1.82, 2.24) is 4.90 Å². The van der Waals surface area contributed by atoms with Crippen LogP contribution in [0.25, 0.3) is 0 Å². The van der Waals surface area contributed by atoms with E-state index in [4.69, 9.17) is 14.2 Å². The topological polar surface area (TPSA) is 118 Å². The molecule has 5 aromatic rings. The van der Waals surface area contributed by atoms with Crippen LogP contribution in [0.15, 0.2) is 127 Å². The van der Waals surface area contributed by atoms with Gasteiger partial charge in [0.05, 0.1) is 47.1 Å². The van der Waals surface area contributed by atoms with Crippen LogP contribution in [0, 0.1) is 5.92 Å². The van der Waals surface area contributed by atoms with Crippen LogP contribution in [0.5, 0.6) is 11.5 Å². The summed E-state index contributed by atoms with van der Waals surface area (Å²) in [4.78, 5) is 46.7. The van der Waals surface area contributed by atoms with Crippen LogP contribution in [0.2, 0.25) is 18.6 Å². The molecule has 1 spiro atoms. The van der Waals surface area contributed by atoms with E-state index in [1.165, 1.54) is 0 Å². The van der Waals surface area contributed by atoms with Gasteiger partial charge >= 0.3 is 0 Å². The predicted molar refractivity (Wildman–Crippen MR) is 224 cm³/mol. The molecule has 1 saturated heterocycles. The summed E-state index contributed by atoms with van der Waals surface area (Å²) >= 11 is 0. The van der Waals surface area contributed by atoms with E-state index in [-0.39, 0.29) is 42.8 Å². The SMILES string of the molecule is COc1ccc(C(=O)Nc2ccc3c(c2)[C@@]2(O[C@H](CC(=O)N(CCO)Cc4ccccc4)[C@@H]([Si](C)(C)c4ccc(OC)cc4)[C@@H]2C)C(=O)N3c2ccccc2)cc1. The van der Waals surface area contributed by atoms with E-state index in [2.05, 4.69) is 37.5 Å². The molecule has 4 atom stereocenters. The molecule has 2 N–H and O–H groups in total. The zero-order valence-electron chi connectivity index (χ0n) is 33.0. The third-order valence-electron chi connectivity index (χ3n) is 11.7. The fraction of sp³-hybridized carbons (Fsp3) is 0.283. The number of anilines is 3. The van der Waals surface area contributed by atoms with Gasteiger partial charge in [0.25, 0.3) is 11.8 Å². The summed E-state index contributed by atoms with van der Waals surface area (Å²) in [7, 11) is 0.619. The number of nitrogens with zero attached hydrogens (tertiary/aromatic N) is 2. The summed E-state index contributed by atoms with van der Waals surface area (Å²) < 4.78 is 18.0. The van der Waals surface area contributed by atoms with Gasteiger partial charge in [0.2, 0.25) is 5.91 Å². The van der Waals surface area contributed by atoms with E-state index in [9.17, 15) is 14.7 Å². The van der Waals surface area contributed by atoms with Gasteiger partial charge in [-0.3, -0.25) is 19.3 Å². The van der Waals surface area contributed by atoms with Crippen LogP contribution in [0.4, 0.5) is 17.1 Å². The second-order valence-electron chi connectivity index (χ2n) is 15.3. The Bertz CT molecular complexity index is 2220. The summed E-state index contributed by atoms with van der Waals surface area (Å²) in [5, 5.41) is 14.2. The highest BCUT2D eigenvalue weighted by atomic mass is 28.3. The molecule has 57 heavy (non-hydrogen) atoms. The Hall–Kier alpha value is -5.75. The molecular weight excluding hydrogens is 735 g/mol. The highest BCUT2D eigenvalue weighted by molar-refractivity contribution is 6.91. The van der Waals surface area contributed by atoms with Gasteiger partial charge in [-0.25, -0.2) is 0 Å². The zero-order chi connectivity index (χ0) is 40.3. The zero-order valence-corrected chi connectivity index (χ0v) is 34.0. The molecule has 10 nitrogen and oxygen atoms in total. The second kappa shape index (κ2) is 16.4. The van der Waals surface area contributed by atoms with Gasteiger partial charge in [-0.15, -0.1) is 0 Å². The lowest BCUT2D eigenvalue weighted by molar-refractivity contribution is -0.149. The normalized spacial score (nSPS) is 20.0. The van der Waals surface area contributed by atoms with Crippen LogP contribution >= 0.6 is 0 Å². The summed E-state index contributed by atoms with van der Waals surface area (Å²) in [6.45, 7) is 6.91. The summed E-state index contributed by atoms with van der Waals surface area (Å²) in [6, 6.07) is 39.6. The highest BCUT2D eigenvalue weighted by Crippen LogP contribution is 2.61. The van der Waals surface area contributed by atoms with E-state index in [1.807, 2.05) is 84.9 Å². The standard InChI is InChI=1S/C46H49N3O7Si/c1-31-43(57(4,5)38-23-21-37(55-3)22-24-38)41(29-42(51)48(26-27-50)30-32-12-8-6-9-13-32)56-46(31)39-28-34(47-44(52)33-16-19-36(54-2)20-17-33)18-25-40(39)49(45(46)53)35-14-10-7-11-15-35/h6-25,28,31,41,43,50H,26-27,29-30H2,1-5H3,(H,47,52)/t31-,41+,43-,46+/m0/s1. The van der Waals surface area contributed by atoms with Crippen molar-refractivity contribution >= 4 is 48.0 Å². The van der Waals surface area contributed by atoms with Gasteiger partial charge < -0.3 is 29.5 Å². The van der Waals surface area contributed by atoms with E-state index >= 15 is 4.79 Å². The molecule has 0 unspecified atom stereocenters. The number of carbonyl (C=O) groups is 3. The molecule has 0 aliphatic carbocycles. The minimum Gasteiger partial charge on any atom is -0.497 e. The van der Waals surface area contributed by atoms with E-state index in [1.54, 1.807) is 54.4 Å². The molecule has 5 aromatic carbocycles. The van der Waals surface area contributed by atoms with Crippen LogP contribution in [-0.4, -0.2) is 69.3 Å². The number of para-hydroxylation sites is 1. The van der Waals surface area contributed by atoms with Crippen LogP contribution in [0.1, 0.15) is 34.8 Å². The third kappa shape index (κ3) is 7.46. The maximum atomic E-state index is 15.4. The number of aliphatic hydroxyl groups is 1. The average molecular weight is 784 g/mol. The molecule has 2 aliphatic rings. The number of hydrogen-bond acceptors (Lipinski definition) is 7. The molecule has 294 valence electrons. The third-order valence-corrected chi connectivity index (χ3v) is 16.0. The number of amides is 3. The van der Waals surface area contributed by atoms with Gasteiger partial charge in [-0.1, -0.05) is 85.9 Å². The van der Waals surface area contributed by atoms with Crippen LogP contribution < -0.4 is 24.9 Å². The maximum absolute atomic E-state index is 15.4. The van der Waals surface area contributed by atoms with Crippen molar-refractivity contribution in [2.75, 3.05) is 37.6 Å². The Balaban J connectivity index is 1.33.